The Balaban J connectivity index is 3.01. The number of hydrogen-bond donors (Lipinski definition) is 1. The van der Waals surface area contributed by atoms with Crippen LogP contribution < -0.4 is 10.1 Å². The van der Waals surface area contributed by atoms with E-state index >= 15 is 0 Å². The van der Waals surface area contributed by atoms with Crippen LogP contribution >= 0.6 is 0 Å². The minimum Gasteiger partial charge on any atom is -0.491 e. The van der Waals surface area contributed by atoms with Gasteiger partial charge in [-0.15, -0.1) is 0 Å². The number of methoxy groups -OCH3 is 1. The zero-order chi connectivity index (χ0) is 12.1. The summed E-state index contributed by atoms with van der Waals surface area (Å²) >= 11 is 0. The topological polar surface area (TPSA) is 62.1 Å². The number of amides is 1. The summed E-state index contributed by atoms with van der Waals surface area (Å²) in [4.78, 5) is 11.1. The number of carbonyl (C=O) groups excluding carboxylic acids is 1. The summed E-state index contributed by atoms with van der Waals surface area (Å²) in [5.41, 5.74) is -0.0124. The molecule has 0 spiro atoms. The number of anilines is 1. The molecular formula is C10H8F2N2O2. The first-order valence-corrected chi connectivity index (χ1v) is 4.29. The fraction of sp³-hybridized carbons (Fsp3) is 0.200. The largest absolute Gasteiger partial charge is 0.491 e. The van der Waals surface area contributed by atoms with Crippen molar-refractivity contribution in [3.63, 3.8) is 0 Å². The summed E-state index contributed by atoms with van der Waals surface area (Å²) in [7, 11) is 1.15. The van der Waals surface area contributed by atoms with Crippen LogP contribution in [-0.2, 0) is 4.79 Å². The lowest BCUT2D eigenvalue weighted by molar-refractivity contribution is -0.115. The average molecular weight is 226 g/mol. The highest BCUT2D eigenvalue weighted by molar-refractivity contribution is 5.93. The summed E-state index contributed by atoms with van der Waals surface area (Å²) in [5, 5.41) is 10.5. The smallest absolute Gasteiger partial charge is 0.238 e. The molecule has 0 bridgehead atoms. The fourth-order valence-electron chi connectivity index (χ4n) is 1.10. The second-order valence-corrected chi connectivity index (χ2v) is 2.83. The van der Waals surface area contributed by atoms with Gasteiger partial charge in [0.1, 0.15) is 6.42 Å². The van der Waals surface area contributed by atoms with E-state index in [1.54, 1.807) is 6.07 Å². The van der Waals surface area contributed by atoms with Crippen molar-refractivity contribution >= 4 is 11.6 Å². The predicted octanol–water partition coefficient (Wildman–Crippen LogP) is 1.83. The van der Waals surface area contributed by atoms with E-state index in [1.807, 2.05) is 0 Å². The van der Waals surface area contributed by atoms with Crippen molar-refractivity contribution in [1.29, 1.82) is 5.26 Å². The summed E-state index contributed by atoms with van der Waals surface area (Å²) in [6.45, 7) is 0. The summed E-state index contributed by atoms with van der Waals surface area (Å²) < 4.78 is 30.6. The molecule has 0 unspecified atom stereocenters. The molecule has 0 atom stereocenters. The van der Waals surface area contributed by atoms with E-state index < -0.39 is 23.3 Å². The van der Waals surface area contributed by atoms with Crippen LogP contribution in [0.4, 0.5) is 14.5 Å². The normalized spacial score (nSPS) is 9.38. The Labute approximate surface area is 90.4 Å². The van der Waals surface area contributed by atoms with Crippen molar-refractivity contribution < 1.29 is 18.3 Å². The Morgan fingerprint density at radius 2 is 2.25 bits per heavy atom. The molecule has 4 nitrogen and oxygen atoms in total. The van der Waals surface area contributed by atoms with Crippen molar-refractivity contribution in [3.05, 3.63) is 23.8 Å². The lowest BCUT2D eigenvalue weighted by Crippen LogP contribution is -2.12. The van der Waals surface area contributed by atoms with E-state index in [2.05, 4.69) is 10.1 Å². The summed E-state index contributed by atoms with van der Waals surface area (Å²) in [5.74, 6) is -3.27. The quantitative estimate of drug-likeness (QED) is 0.855. The van der Waals surface area contributed by atoms with Crippen LogP contribution in [0.1, 0.15) is 6.42 Å². The number of carbonyl (C=O) groups is 1. The van der Waals surface area contributed by atoms with E-state index in [-0.39, 0.29) is 12.1 Å². The van der Waals surface area contributed by atoms with Crippen molar-refractivity contribution in [2.24, 2.45) is 0 Å². The molecule has 0 radical (unpaired) electrons. The molecule has 0 aliphatic rings. The maximum Gasteiger partial charge on any atom is 0.238 e. The Bertz CT molecular complexity index is 455. The number of benzene rings is 1. The Kier molecular flexibility index (Phi) is 3.78. The van der Waals surface area contributed by atoms with Gasteiger partial charge in [-0.1, -0.05) is 0 Å². The van der Waals surface area contributed by atoms with Gasteiger partial charge in [-0.25, -0.2) is 4.39 Å². The molecule has 84 valence electrons. The third-order valence-corrected chi connectivity index (χ3v) is 1.77. The molecule has 0 aliphatic carbocycles. The van der Waals surface area contributed by atoms with Gasteiger partial charge in [0.2, 0.25) is 11.7 Å². The molecule has 16 heavy (non-hydrogen) atoms. The van der Waals surface area contributed by atoms with Gasteiger partial charge in [0.15, 0.2) is 11.6 Å². The third kappa shape index (κ3) is 2.45. The molecule has 1 amide bonds. The van der Waals surface area contributed by atoms with Gasteiger partial charge in [0, 0.05) is 0 Å². The Morgan fingerprint density at radius 3 is 2.81 bits per heavy atom. The SMILES string of the molecule is COc1c(NC(=O)CC#N)ccc(F)c1F. The predicted molar refractivity (Wildman–Crippen MR) is 51.8 cm³/mol. The zero-order valence-electron chi connectivity index (χ0n) is 8.38. The van der Waals surface area contributed by atoms with Crippen LogP contribution in [0.25, 0.3) is 0 Å². The van der Waals surface area contributed by atoms with Gasteiger partial charge < -0.3 is 10.1 Å². The van der Waals surface area contributed by atoms with E-state index in [1.165, 1.54) is 0 Å². The highest BCUT2D eigenvalue weighted by Crippen LogP contribution is 2.29. The molecule has 0 saturated carbocycles. The fourth-order valence-corrected chi connectivity index (χ4v) is 1.10. The number of nitrogens with one attached hydrogen (secondary N) is 1. The van der Waals surface area contributed by atoms with Crippen LogP contribution in [0.5, 0.6) is 5.75 Å². The van der Waals surface area contributed by atoms with Gasteiger partial charge in [-0.3, -0.25) is 4.79 Å². The minimum atomic E-state index is -1.18. The number of ether oxygens (including phenoxy) is 1. The third-order valence-electron chi connectivity index (χ3n) is 1.77. The highest BCUT2D eigenvalue weighted by atomic mass is 19.2. The van der Waals surface area contributed by atoms with Crippen LogP contribution in [0.2, 0.25) is 0 Å². The van der Waals surface area contributed by atoms with Crippen LogP contribution in [-0.4, -0.2) is 13.0 Å². The van der Waals surface area contributed by atoms with Crippen molar-refractivity contribution in [1.82, 2.24) is 0 Å². The molecule has 1 N–H and O–H groups in total. The standard InChI is InChI=1S/C10H8F2N2O2/c1-16-10-7(14-8(15)4-5-13)3-2-6(11)9(10)12/h2-3H,4H2,1H3,(H,14,15). The molecule has 1 aromatic carbocycles. The van der Waals surface area contributed by atoms with Gasteiger partial charge in [-0.2, -0.15) is 9.65 Å². The molecule has 0 heterocycles. The molecule has 1 aromatic rings. The lowest BCUT2D eigenvalue weighted by atomic mass is 10.2. The first-order chi connectivity index (χ1) is 7.60. The highest BCUT2D eigenvalue weighted by Gasteiger charge is 2.15. The molecule has 0 aliphatic heterocycles. The number of halogens is 2. The van der Waals surface area contributed by atoms with Gasteiger partial charge in [0.05, 0.1) is 18.9 Å². The van der Waals surface area contributed by atoms with E-state index in [0.717, 1.165) is 19.2 Å². The van der Waals surface area contributed by atoms with Crippen molar-refractivity contribution in [3.8, 4) is 11.8 Å². The average Bonchev–Trinajstić information content (AvgIpc) is 2.24. The molecular weight excluding hydrogens is 218 g/mol. The summed E-state index contributed by atoms with van der Waals surface area (Å²) in [6, 6.07) is 3.65. The maximum atomic E-state index is 13.2. The van der Waals surface area contributed by atoms with Crippen LogP contribution in [0.3, 0.4) is 0 Å². The Morgan fingerprint density at radius 1 is 1.56 bits per heavy atom. The zero-order valence-corrected chi connectivity index (χ0v) is 8.38. The van der Waals surface area contributed by atoms with Crippen molar-refractivity contribution in [2.45, 2.75) is 6.42 Å². The lowest BCUT2D eigenvalue weighted by Gasteiger charge is -2.10. The van der Waals surface area contributed by atoms with E-state index in [4.69, 9.17) is 5.26 Å². The van der Waals surface area contributed by atoms with E-state index in [0.29, 0.717) is 0 Å². The molecule has 0 saturated heterocycles. The molecule has 0 fully saturated rings. The number of rotatable bonds is 3. The minimum absolute atomic E-state index is 0.0124. The molecule has 6 heteroatoms. The van der Waals surface area contributed by atoms with E-state index in [9.17, 15) is 13.6 Å². The monoisotopic (exact) mass is 226 g/mol. The number of nitriles is 1. The van der Waals surface area contributed by atoms with Gasteiger partial charge in [-0.05, 0) is 12.1 Å². The van der Waals surface area contributed by atoms with Crippen molar-refractivity contribution in [2.75, 3.05) is 12.4 Å². The second-order valence-electron chi connectivity index (χ2n) is 2.83. The van der Waals surface area contributed by atoms with Gasteiger partial charge in [0.25, 0.3) is 0 Å². The second kappa shape index (κ2) is 5.07. The number of hydrogen-bond acceptors (Lipinski definition) is 3. The first-order valence-electron chi connectivity index (χ1n) is 4.29. The first kappa shape index (κ1) is 11.9. The number of nitrogens with zero attached hydrogens (tertiary/aromatic N) is 1. The van der Waals surface area contributed by atoms with Gasteiger partial charge >= 0.3 is 0 Å². The van der Waals surface area contributed by atoms with Crippen LogP contribution in [0.15, 0.2) is 12.1 Å². The maximum absolute atomic E-state index is 13.2. The van der Waals surface area contributed by atoms with Crippen LogP contribution in [0, 0.1) is 23.0 Å². The molecule has 0 aromatic heterocycles. The Hall–Kier alpha value is -2.16. The molecule has 1 rings (SSSR count). The summed E-state index contributed by atoms with van der Waals surface area (Å²) in [6.07, 6.45) is -0.373.